The molecule has 0 aliphatic rings. The molecule has 7 nitrogen and oxygen atoms in total. The Balaban J connectivity index is 2.16. The predicted octanol–water partition coefficient (Wildman–Crippen LogP) is 3.74. The number of nitro groups is 1. The largest absolute Gasteiger partial charge is 0.507 e. The summed E-state index contributed by atoms with van der Waals surface area (Å²) in [5.74, 6) is -1.84. The highest BCUT2D eigenvalue weighted by atomic mass is 35.5. The Morgan fingerprint density at radius 3 is 2.42 bits per heavy atom. The van der Waals surface area contributed by atoms with Crippen LogP contribution in [0.15, 0.2) is 41.5 Å². The number of carbonyl (C=O) groups is 1. The van der Waals surface area contributed by atoms with Crippen LogP contribution < -0.4 is 5.43 Å². The summed E-state index contributed by atoms with van der Waals surface area (Å²) in [5.41, 5.74) is 0.160. The van der Waals surface area contributed by atoms with Crippen LogP contribution in [0.1, 0.15) is 21.5 Å². The molecule has 0 spiro atoms. The molecular formula is C15H9ClF3N3O4. The lowest BCUT2D eigenvalue weighted by molar-refractivity contribution is -0.384. The Morgan fingerprint density at radius 2 is 1.88 bits per heavy atom. The van der Waals surface area contributed by atoms with Gasteiger partial charge in [0, 0.05) is 28.3 Å². The molecule has 26 heavy (non-hydrogen) atoms. The lowest BCUT2D eigenvalue weighted by Crippen LogP contribution is -2.17. The highest BCUT2D eigenvalue weighted by molar-refractivity contribution is 6.31. The molecule has 0 aliphatic carbocycles. The van der Waals surface area contributed by atoms with Crippen LogP contribution >= 0.6 is 11.6 Å². The van der Waals surface area contributed by atoms with E-state index in [-0.39, 0.29) is 21.8 Å². The van der Waals surface area contributed by atoms with Crippen LogP contribution in [0, 0.1) is 10.1 Å². The molecule has 1 amide bonds. The molecule has 0 saturated carbocycles. The molecule has 2 N–H and O–H groups in total. The van der Waals surface area contributed by atoms with Crippen molar-refractivity contribution in [2.75, 3.05) is 0 Å². The van der Waals surface area contributed by atoms with E-state index in [9.17, 15) is 33.2 Å². The molecule has 0 saturated heterocycles. The van der Waals surface area contributed by atoms with Crippen molar-refractivity contribution in [3.8, 4) is 5.75 Å². The van der Waals surface area contributed by atoms with Gasteiger partial charge in [0.05, 0.1) is 16.7 Å². The highest BCUT2D eigenvalue weighted by Crippen LogP contribution is 2.38. The summed E-state index contributed by atoms with van der Waals surface area (Å²) < 4.78 is 38.4. The minimum atomic E-state index is -4.82. The molecule has 136 valence electrons. The van der Waals surface area contributed by atoms with Gasteiger partial charge in [-0.25, -0.2) is 5.43 Å². The third kappa shape index (κ3) is 4.48. The van der Waals surface area contributed by atoms with Crippen LogP contribution in [0.3, 0.4) is 0 Å². The Kier molecular flexibility index (Phi) is 5.46. The number of alkyl halides is 3. The average molecular weight is 388 g/mol. The molecule has 0 radical (unpaired) electrons. The number of aromatic hydroxyl groups is 1. The van der Waals surface area contributed by atoms with Gasteiger partial charge < -0.3 is 5.11 Å². The first-order valence-corrected chi connectivity index (χ1v) is 7.15. The van der Waals surface area contributed by atoms with Gasteiger partial charge in [-0.3, -0.25) is 14.9 Å². The molecule has 0 heterocycles. The van der Waals surface area contributed by atoms with E-state index in [0.717, 1.165) is 24.4 Å². The fourth-order valence-corrected chi connectivity index (χ4v) is 2.12. The summed E-state index contributed by atoms with van der Waals surface area (Å²) in [5, 5.41) is 23.4. The Bertz CT molecular complexity index is 883. The topological polar surface area (TPSA) is 105 Å². The van der Waals surface area contributed by atoms with Gasteiger partial charge in [-0.15, -0.1) is 0 Å². The van der Waals surface area contributed by atoms with Crippen molar-refractivity contribution in [2.24, 2.45) is 5.10 Å². The molecule has 11 heteroatoms. The molecule has 0 aliphatic heterocycles. The molecular weight excluding hydrogens is 379 g/mol. The van der Waals surface area contributed by atoms with Gasteiger partial charge in [0.1, 0.15) is 5.75 Å². The number of nitrogens with one attached hydrogen (secondary N) is 1. The van der Waals surface area contributed by atoms with Crippen LogP contribution in [0.2, 0.25) is 5.02 Å². The number of carbonyl (C=O) groups excluding carboxylic acids is 1. The highest BCUT2D eigenvalue weighted by Gasteiger charge is 2.35. The fraction of sp³-hybridized carbons (Fsp3) is 0.0667. The van der Waals surface area contributed by atoms with Gasteiger partial charge in [0.2, 0.25) is 0 Å². The first kappa shape index (κ1) is 19.2. The van der Waals surface area contributed by atoms with Gasteiger partial charge in [-0.2, -0.15) is 18.3 Å². The lowest BCUT2D eigenvalue weighted by Gasteiger charge is -2.11. The number of hydrogen-bond donors (Lipinski definition) is 2. The van der Waals surface area contributed by atoms with E-state index in [1.165, 1.54) is 12.1 Å². The number of halogens is 4. The van der Waals surface area contributed by atoms with Crippen molar-refractivity contribution < 1.29 is 28.0 Å². The van der Waals surface area contributed by atoms with Crippen molar-refractivity contribution in [3.63, 3.8) is 0 Å². The number of phenols is 1. The number of nitrogens with zero attached hydrogens (tertiary/aromatic N) is 2. The third-order valence-electron chi connectivity index (χ3n) is 3.12. The van der Waals surface area contributed by atoms with E-state index in [2.05, 4.69) is 5.10 Å². The Labute approximate surface area is 148 Å². The van der Waals surface area contributed by atoms with Crippen LogP contribution in [0.4, 0.5) is 18.9 Å². The second-order valence-corrected chi connectivity index (χ2v) is 5.33. The van der Waals surface area contributed by atoms with Crippen LogP contribution in [-0.4, -0.2) is 22.2 Å². The molecule has 0 aromatic heterocycles. The quantitative estimate of drug-likeness (QED) is 0.473. The Morgan fingerprint density at radius 1 is 1.27 bits per heavy atom. The molecule has 0 atom stereocenters. The first-order chi connectivity index (χ1) is 12.1. The van der Waals surface area contributed by atoms with E-state index < -0.39 is 28.3 Å². The zero-order chi connectivity index (χ0) is 19.5. The van der Waals surface area contributed by atoms with Crippen molar-refractivity contribution >= 4 is 29.4 Å². The van der Waals surface area contributed by atoms with Crippen LogP contribution in [0.5, 0.6) is 5.75 Å². The number of rotatable bonds is 4. The van der Waals surface area contributed by atoms with E-state index in [0.29, 0.717) is 6.07 Å². The summed E-state index contributed by atoms with van der Waals surface area (Å²) in [4.78, 5) is 21.7. The maximum absolute atomic E-state index is 12.8. The van der Waals surface area contributed by atoms with E-state index >= 15 is 0 Å². The smallest absolute Gasteiger partial charge is 0.420 e. The van der Waals surface area contributed by atoms with Crippen molar-refractivity contribution in [1.82, 2.24) is 5.43 Å². The van der Waals surface area contributed by atoms with E-state index in [1.807, 2.05) is 5.43 Å². The number of hydrogen-bond acceptors (Lipinski definition) is 5. The minimum Gasteiger partial charge on any atom is -0.507 e. The minimum absolute atomic E-state index is 0.0408. The second-order valence-electron chi connectivity index (χ2n) is 4.89. The number of nitro benzene ring substituents is 1. The van der Waals surface area contributed by atoms with E-state index in [4.69, 9.17) is 11.6 Å². The first-order valence-electron chi connectivity index (χ1n) is 6.77. The molecule has 2 aromatic rings. The summed E-state index contributed by atoms with van der Waals surface area (Å²) in [6.45, 7) is 0. The number of non-ortho nitro benzene ring substituents is 1. The zero-order valence-corrected chi connectivity index (χ0v) is 13.4. The molecule has 2 aromatic carbocycles. The van der Waals surface area contributed by atoms with Gasteiger partial charge >= 0.3 is 6.18 Å². The van der Waals surface area contributed by atoms with Gasteiger partial charge in [0.15, 0.2) is 0 Å². The molecule has 2 rings (SSSR count). The van der Waals surface area contributed by atoms with Crippen molar-refractivity contribution in [3.05, 3.63) is 68.2 Å². The van der Waals surface area contributed by atoms with Crippen LogP contribution in [0.25, 0.3) is 0 Å². The molecule has 0 fully saturated rings. The van der Waals surface area contributed by atoms with Crippen LogP contribution in [-0.2, 0) is 6.18 Å². The SMILES string of the molecule is O=C(NN=Cc1cc(Cl)cc(C(F)(F)F)c1O)c1ccc([N+](=O)[O-])cc1. The lowest BCUT2D eigenvalue weighted by atomic mass is 10.1. The van der Waals surface area contributed by atoms with E-state index in [1.54, 1.807) is 0 Å². The maximum Gasteiger partial charge on any atom is 0.420 e. The van der Waals surface area contributed by atoms with Gasteiger partial charge in [-0.1, -0.05) is 11.6 Å². The molecule has 0 unspecified atom stereocenters. The van der Waals surface area contributed by atoms with Crippen molar-refractivity contribution in [2.45, 2.75) is 6.18 Å². The Hall–Kier alpha value is -3.14. The summed E-state index contributed by atoms with van der Waals surface area (Å²) in [7, 11) is 0. The number of benzene rings is 2. The number of hydrazone groups is 1. The third-order valence-corrected chi connectivity index (χ3v) is 3.34. The fourth-order valence-electron chi connectivity index (χ4n) is 1.89. The summed E-state index contributed by atoms with van der Waals surface area (Å²) in [6, 6.07) is 6.18. The van der Waals surface area contributed by atoms with Gasteiger partial charge in [0.25, 0.3) is 11.6 Å². The van der Waals surface area contributed by atoms with Crippen molar-refractivity contribution in [1.29, 1.82) is 0 Å². The standard InChI is InChI=1S/C15H9ClF3N3O4/c16-10-5-9(13(23)12(6-10)15(17,18)19)7-20-21-14(24)8-1-3-11(4-2-8)22(25)26/h1-7,23H,(H,21,24). The monoisotopic (exact) mass is 387 g/mol. The normalized spacial score (nSPS) is 11.5. The van der Waals surface area contributed by atoms with Gasteiger partial charge in [-0.05, 0) is 24.3 Å². The number of phenolic OH excluding ortho intramolecular Hbond substituents is 1. The second kappa shape index (κ2) is 7.40. The summed E-state index contributed by atoms with van der Waals surface area (Å²) >= 11 is 5.59. The average Bonchev–Trinajstić information content (AvgIpc) is 2.56. The zero-order valence-electron chi connectivity index (χ0n) is 12.6. The maximum atomic E-state index is 12.8. The predicted molar refractivity (Wildman–Crippen MR) is 86.3 cm³/mol. The number of amides is 1. The molecule has 0 bridgehead atoms. The summed E-state index contributed by atoms with van der Waals surface area (Å²) in [6.07, 6.45) is -4.03.